The number of amides is 1. The van der Waals surface area contributed by atoms with Gasteiger partial charge < -0.3 is 19.9 Å². The lowest BCUT2D eigenvalue weighted by atomic mass is 9.98. The molecule has 1 aliphatic heterocycles. The van der Waals surface area contributed by atoms with E-state index in [1.807, 2.05) is 20.8 Å². The van der Waals surface area contributed by atoms with Crippen LogP contribution in [0.3, 0.4) is 0 Å². The molecule has 2 heterocycles. The number of H-pyrrole nitrogens is 1. The summed E-state index contributed by atoms with van der Waals surface area (Å²) in [4.78, 5) is 27.9. The first-order valence-corrected chi connectivity index (χ1v) is 7.93. The van der Waals surface area contributed by atoms with Crippen molar-refractivity contribution < 1.29 is 9.53 Å². The molecule has 1 amide bonds. The van der Waals surface area contributed by atoms with Gasteiger partial charge >= 0.3 is 6.09 Å². The molecule has 0 saturated carbocycles. The lowest BCUT2D eigenvalue weighted by molar-refractivity contribution is 0.0166. The third-order valence-corrected chi connectivity index (χ3v) is 3.59. The van der Waals surface area contributed by atoms with Crippen LogP contribution in [0.15, 0.2) is 11.1 Å². The van der Waals surface area contributed by atoms with Crippen LogP contribution in [0.2, 0.25) is 0 Å². The Hall–Kier alpha value is -1.96. The van der Waals surface area contributed by atoms with Gasteiger partial charge in [-0.15, -0.1) is 10.2 Å². The van der Waals surface area contributed by atoms with Gasteiger partial charge in [0.2, 0.25) is 0 Å². The van der Waals surface area contributed by atoms with E-state index in [4.69, 9.17) is 4.74 Å². The molecule has 0 bridgehead atoms. The minimum atomic E-state index is -0.477. The zero-order valence-electron chi connectivity index (χ0n) is 14.0. The second-order valence-corrected chi connectivity index (χ2v) is 6.83. The number of hydrogen-bond donors (Lipinski definition) is 2. The van der Waals surface area contributed by atoms with Crippen LogP contribution in [0.25, 0.3) is 0 Å². The van der Waals surface area contributed by atoms with E-state index in [0.717, 1.165) is 25.9 Å². The molecule has 8 heteroatoms. The molecule has 23 heavy (non-hydrogen) atoms. The predicted molar refractivity (Wildman–Crippen MR) is 84.9 cm³/mol. The van der Waals surface area contributed by atoms with E-state index in [0.29, 0.717) is 24.7 Å². The van der Waals surface area contributed by atoms with Crippen LogP contribution in [0, 0.1) is 5.92 Å². The van der Waals surface area contributed by atoms with Crippen LogP contribution in [0.1, 0.15) is 39.3 Å². The van der Waals surface area contributed by atoms with Crippen molar-refractivity contribution in [1.29, 1.82) is 0 Å². The number of ether oxygens (including phenoxy) is 1. The highest BCUT2D eigenvalue weighted by atomic mass is 16.6. The number of carbonyl (C=O) groups is 1. The molecule has 1 aromatic heterocycles. The van der Waals surface area contributed by atoms with Crippen LogP contribution >= 0.6 is 0 Å². The second kappa shape index (κ2) is 7.54. The summed E-state index contributed by atoms with van der Waals surface area (Å²) in [7, 11) is 0. The summed E-state index contributed by atoms with van der Waals surface area (Å²) in [5.41, 5.74) is -0.339. The highest BCUT2D eigenvalue weighted by Crippen LogP contribution is 2.18. The largest absolute Gasteiger partial charge is 0.444 e. The second-order valence-electron chi connectivity index (χ2n) is 6.83. The van der Waals surface area contributed by atoms with Crippen LogP contribution in [-0.4, -0.2) is 51.4 Å². The molecule has 1 aromatic rings. The molecule has 1 unspecified atom stereocenters. The number of aromatic nitrogens is 3. The Balaban J connectivity index is 1.79. The average molecular weight is 323 g/mol. The summed E-state index contributed by atoms with van der Waals surface area (Å²) < 4.78 is 5.42. The zero-order chi connectivity index (χ0) is 16.9. The molecule has 1 aliphatic rings. The van der Waals surface area contributed by atoms with Crippen molar-refractivity contribution in [3.8, 4) is 0 Å². The fourth-order valence-corrected chi connectivity index (χ4v) is 2.55. The molecule has 0 radical (unpaired) electrons. The Morgan fingerprint density at radius 1 is 1.52 bits per heavy atom. The average Bonchev–Trinajstić information content (AvgIpc) is 2.48. The van der Waals surface area contributed by atoms with E-state index < -0.39 is 5.60 Å². The maximum absolute atomic E-state index is 12.1. The number of piperidine rings is 1. The number of carbonyl (C=O) groups excluding carboxylic acids is 1. The Morgan fingerprint density at radius 3 is 3.00 bits per heavy atom. The number of nitrogens with one attached hydrogen (secondary N) is 2. The van der Waals surface area contributed by atoms with Crippen molar-refractivity contribution in [3.05, 3.63) is 22.4 Å². The van der Waals surface area contributed by atoms with Crippen molar-refractivity contribution >= 4 is 6.09 Å². The summed E-state index contributed by atoms with van der Waals surface area (Å²) >= 11 is 0. The third-order valence-electron chi connectivity index (χ3n) is 3.59. The van der Waals surface area contributed by atoms with Crippen LogP contribution in [0.4, 0.5) is 4.79 Å². The van der Waals surface area contributed by atoms with Crippen molar-refractivity contribution in [2.75, 3.05) is 19.6 Å². The number of likely N-dealkylation sites (tertiary alicyclic amines) is 1. The number of hydrogen-bond acceptors (Lipinski definition) is 6. The van der Waals surface area contributed by atoms with Gasteiger partial charge in [-0.05, 0) is 39.5 Å². The van der Waals surface area contributed by atoms with E-state index in [2.05, 4.69) is 20.5 Å². The normalized spacial score (nSPS) is 18.7. The van der Waals surface area contributed by atoms with Gasteiger partial charge in [0, 0.05) is 26.2 Å². The molecule has 2 rings (SSSR count). The number of nitrogens with zero attached hydrogens (tertiary/aromatic N) is 3. The number of aromatic amines is 1. The standard InChI is InChI=1S/C15H25N5O3/c1-15(2,3)23-14(22)20-6-4-5-11(9-20)7-16-8-12-13(21)17-10-18-19-12/h10-11,16H,4-9H2,1-3H3,(H,17,18,21). The fourth-order valence-electron chi connectivity index (χ4n) is 2.55. The summed E-state index contributed by atoms with van der Waals surface area (Å²) in [6.07, 6.45) is 3.01. The van der Waals surface area contributed by atoms with Gasteiger partial charge in [-0.25, -0.2) is 4.79 Å². The molecule has 2 N–H and O–H groups in total. The van der Waals surface area contributed by atoms with Gasteiger partial charge in [0.05, 0.1) is 0 Å². The predicted octanol–water partition coefficient (Wildman–Crippen LogP) is 0.902. The molecule has 0 spiro atoms. The summed E-state index contributed by atoms with van der Waals surface area (Å²) in [6.45, 7) is 8.08. The van der Waals surface area contributed by atoms with E-state index in [1.165, 1.54) is 6.33 Å². The lowest BCUT2D eigenvalue weighted by Gasteiger charge is -2.34. The van der Waals surface area contributed by atoms with Crippen molar-refractivity contribution in [1.82, 2.24) is 25.4 Å². The van der Waals surface area contributed by atoms with Gasteiger partial charge in [0.15, 0.2) is 0 Å². The summed E-state index contributed by atoms with van der Waals surface area (Å²) in [5, 5.41) is 10.7. The van der Waals surface area contributed by atoms with E-state index in [-0.39, 0.29) is 11.7 Å². The topological polar surface area (TPSA) is 100 Å². The van der Waals surface area contributed by atoms with Crippen molar-refractivity contribution in [2.24, 2.45) is 5.92 Å². The molecule has 8 nitrogen and oxygen atoms in total. The van der Waals surface area contributed by atoms with E-state index in [1.54, 1.807) is 4.90 Å². The number of rotatable bonds is 4. The fraction of sp³-hybridized carbons (Fsp3) is 0.733. The Kier molecular flexibility index (Phi) is 5.70. The zero-order valence-corrected chi connectivity index (χ0v) is 14.0. The molecule has 0 aromatic carbocycles. The minimum absolute atomic E-state index is 0.230. The van der Waals surface area contributed by atoms with Crippen LogP contribution in [0.5, 0.6) is 0 Å². The van der Waals surface area contributed by atoms with E-state index in [9.17, 15) is 9.59 Å². The smallest absolute Gasteiger partial charge is 0.410 e. The minimum Gasteiger partial charge on any atom is -0.444 e. The van der Waals surface area contributed by atoms with Crippen molar-refractivity contribution in [3.63, 3.8) is 0 Å². The molecule has 1 fully saturated rings. The molecule has 128 valence electrons. The molecular formula is C15H25N5O3. The monoisotopic (exact) mass is 323 g/mol. The third kappa shape index (κ3) is 5.63. The quantitative estimate of drug-likeness (QED) is 0.854. The molecule has 1 saturated heterocycles. The highest BCUT2D eigenvalue weighted by molar-refractivity contribution is 5.68. The Bertz CT molecular complexity index is 581. The Morgan fingerprint density at radius 2 is 2.30 bits per heavy atom. The van der Waals surface area contributed by atoms with Crippen LogP contribution in [-0.2, 0) is 11.3 Å². The SMILES string of the molecule is CC(C)(C)OC(=O)N1CCCC(CNCc2nnc[nH]c2=O)C1. The molecule has 1 atom stereocenters. The van der Waals surface area contributed by atoms with Crippen molar-refractivity contribution in [2.45, 2.75) is 45.8 Å². The Labute approximate surface area is 135 Å². The van der Waals surface area contributed by atoms with Crippen LogP contribution < -0.4 is 10.9 Å². The lowest BCUT2D eigenvalue weighted by Crippen LogP contribution is -2.45. The van der Waals surface area contributed by atoms with Gasteiger partial charge in [-0.1, -0.05) is 0 Å². The summed E-state index contributed by atoms with van der Waals surface area (Å²) in [5.74, 6) is 0.340. The molecular weight excluding hydrogens is 298 g/mol. The first-order chi connectivity index (χ1) is 10.8. The first kappa shape index (κ1) is 17.4. The summed E-state index contributed by atoms with van der Waals surface area (Å²) in [6, 6.07) is 0. The van der Waals surface area contributed by atoms with Gasteiger partial charge in [0.1, 0.15) is 17.6 Å². The first-order valence-electron chi connectivity index (χ1n) is 7.93. The maximum Gasteiger partial charge on any atom is 0.410 e. The maximum atomic E-state index is 12.1. The van der Waals surface area contributed by atoms with Gasteiger partial charge in [-0.3, -0.25) is 4.79 Å². The van der Waals surface area contributed by atoms with Gasteiger partial charge in [-0.2, -0.15) is 0 Å². The molecule has 0 aliphatic carbocycles. The van der Waals surface area contributed by atoms with E-state index >= 15 is 0 Å². The highest BCUT2D eigenvalue weighted by Gasteiger charge is 2.27. The van der Waals surface area contributed by atoms with Gasteiger partial charge in [0.25, 0.3) is 5.56 Å².